The molecule has 0 bridgehead atoms. The van der Waals surface area contributed by atoms with Crippen molar-refractivity contribution in [1.82, 2.24) is 5.32 Å². The molecule has 0 heterocycles. The van der Waals surface area contributed by atoms with Crippen molar-refractivity contribution in [2.24, 2.45) is 11.3 Å². The number of carboxylic acid groups (broad SMARTS) is 1. The number of aliphatic hydroxyl groups excluding tert-OH is 1. The number of carbonyl (C=O) groups is 2. The first kappa shape index (κ1) is 15.9. The Morgan fingerprint density at radius 2 is 1.82 bits per heavy atom. The van der Waals surface area contributed by atoms with Crippen molar-refractivity contribution < 1.29 is 19.8 Å². The highest BCUT2D eigenvalue weighted by Gasteiger charge is 2.22. The van der Waals surface area contributed by atoms with E-state index in [2.05, 4.69) is 26.1 Å². The smallest absolute Gasteiger partial charge is 0.332 e. The third-order valence-electron chi connectivity index (χ3n) is 2.99. The van der Waals surface area contributed by atoms with Crippen molar-refractivity contribution in [2.75, 3.05) is 6.54 Å². The average molecular weight is 245 g/mol. The molecular weight excluding hydrogens is 222 g/mol. The summed E-state index contributed by atoms with van der Waals surface area (Å²) in [7, 11) is 0. The topological polar surface area (TPSA) is 86.6 Å². The van der Waals surface area contributed by atoms with E-state index in [1.807, 2.05) is 6.92 Å². The number of carbonyl (C=O) groups excluding carboxylic acids is 1. The third-order valence-corrected chi connectivity index (χ3v) is 2.99. The van der Waals surface area contributed by atoms with Gasteiger partial charge in [-0.05, 0) is 11.3 Å². The van der Waals surface area contributed by atoms with Gasteiger partial charge in [-0.3, -0.25) is 4.79 Å². The molecular formula is C12H23NO4. The van der Waals surface area contributed by atoms with E-state index in [1.165, 1.54) is 0 Å². The molecule has 0 radical (unpaired) electrons. The van der Waals surface area contributed by atoms with E-state index in [-0.39, 0.29) is 30.2 Å². The monoisotopic (exact) mass is 245 g/mol. The second-order valence-corrected chi connectivity index (χ2v) is 5.46. The predicted molar refractivity (Wildman–Crippen MR) is 64.5 cm³/mol. The fourth-order valence-corrected chi connectivity index (χ4v) is 1.13. The van der Waals surface area contributed by atoms with Crippen LogP contribution in [0.3, 0.4) is 0 Å². The van der Waals surface area contributed by atoms with Crippen molar-refractivity contribution in [2.45, 2.75) is 46.6 Å². The van der Waals surface area contributed by atoms with Crippen molar-refractivity contribution in [3.05, 3.63) is 0 Å². The zero-order valence-corrected chi connectivity index (χ0v) is 11.0. The number of carboxylic acids is 1. The van der Waals surface area contributed by atoms with Gasteiger partial charge in [0.05, 0.1) is 0 Å². The minimum atomic E-state index is -1.41. The fraction of sp³-hybridized carbons (Fsp3) is 0.833. The Hall–Kier alpha value is -1.10. The maximum absolute atomic E-state index is 11.5. The molecule has 0 saturated carbocycles. The molecule has 0 aliphatic heterocycles. The molecule has 0 aromatic rings. The summed E-state index contributed by atoms with van der Waals surface area (Å²) >= 11 is 0. The molecule has 5 nitrogen and oxygen atoms in total. The minimum Gasteiger partial charge on any atom is -0.479 e. The van der Waals surface area contributed by atoms with Gasteiger partial charge in [0.15, 0.2) is 6.10 Å². The molecule has 0 aliphatic carbocycles. The highest BCUT2D eigenvalue weighted by atomic mass is 16.4. The SMILES string of the molecule is CC(CC(=O)NCC[C@H](O)C(=O)O)C(C)(C)C. The van der Waals surface area contributed by atoms with Crippen molar-refractivity contribution >= 4 is 11.9 Å². The molecule has 2 atom stereocenters. The van der Waals surface area contributed by atoms with Crippen molar-refractivity contribution in [1.29, 1.82) is 0 Å². The van der Waals surface area contributed by atoms with Crippen LogP contribution in [-0.4, -0.2) is 34.7 Å². The summed E-state index contributed by atoms with van der Waals surface area (Å²) in [5.41, 5.74) is 0.0674. The van der Waals surface area contributed by atoms with Crippen LogP contribution in [0.4, 0.5) is 0 Å². The molecule has 0 saturated heterocycles. The van der Waals surface area contributed by atoms with Gasteiger partial charge in [0.1, 0.15) is 0 Å². The molecule has 0 aromatic carbocycles. The number of nitrogens with one attached hydrogen (secondary N) is 1. The molecule has 0 aliphatic rings. The first-order valence-corrected chi connectivity index (χ1v) is 5.82. The largest absolute Gasteiger partial charge is 0.479 e. The average Bonchev–Trinajstić information content (AvgIpc) is 2.15. The molecule has 0 fully saturated rings. The van der Waals surface area contributed by atoms with E-state index in [0.29, 0.717) is 6.42 Å². The van der Waals surface area contributed by atoms with Gasteiger partial charge in [-0.25, -0.2) is 4.79 Å². The fourth-order valence-electron chi connectivity index (χ4n) is 1.13. The van der Waals surface area contributed by atoms with Crippen LogP contribution in [-0.2, 0) is 9.59 Å². The Balaban J connectivity index is 3.85. The van der Waals surface area contributed by atoms with Crippen LogP contribution in [0, 0.1) is 11.3 Å². The maximum atomic E-state index is 11.5. The van der Waals surface area contributed by atoms with Gasteiger partial charge in [-0.15, -0.1) is 0 Å². The van der Waals surface area contributed by atoms with Gasteiger partial charge in [0.25, 0.3) is 0 Å². The van der Waals surface area contributed by atoms with Crippen LogP contribution in [0.25, 0.3) is 0 Å². The lowest BCUT2D eigenvalue weighted by Crippen LogP contribution is -2.32. The van der Waals surface area contributed by atoms with E-state index < -0.39 is 12.1 Å². The number of hydrogen-bond donors (Lipinski definition) is 3. The van der Waals surface area contributed by atoms with Gasteiger partial charge in [-0.1, -0.05) is 27.7 Å². The highest BCUT2D eigenvalue weighted by Crippen LogP contribution is 2.27. The molecule has 100 valence electrons. The Bertz CT molecular complexity index is 270. The Morgan fingerprint density at radius 1 is 1.29 bits per heavy atom. The summed E-state index contributed by atoms with van der Waals surface area (Å²) in [5.74, 6) is -1.13. The van der Waals surface area contributed by atoms with Gasteiger partial charge in [0.2, 0.25) is 5.91 Å². The zero-order valence-electron chi connectivity index (χ0n) is 11.0. The first-order valence-electron chi connectivity index (χ1n) is 5.82. The summed E-state index contributed by atoms with van der Waals surface area (Å²) < 4.78 is 0. The van der Waals surface area contributed by atoms with Crippen LogP contribution in [0.5, 0.6) is 0 Å². The first-order chi connectivity index (χ1) is 7.64. The van der Waals surface area contributed by atoms with Crippen LogP contribution in [0.15, 0.2) is 0 Å². The van der Waals surface area contributed by atoms with Gasteiger partial charge < -0.3 is 15.5 Å². The summed E-state index contributed by atoms with van der Waals surface area (Å²) in [6.07, 6.45) is -0.965. The van der Waals surface area contributed by atoms with Crippen LogP contribution in [0.1, 0.15) is 40.5 Å². The number of aliphatic carboxylic acids is 1. The molecule has 1 unspecified atom stereocenters. The lowest BCUT2D eigenvalue weighted by atomic mass is 9.80. The van der Waals surface area contributed by atoms with Gasteiger partial charge in [0, 0.05) is 19.4 Å². The molecule has 5 heteroatoms. The Labute approximate surface area is 102 Å². The van der Waals surface area contributed by atoms with E-state index in [0.717, 1.165) is 0 Å². The lowest BCUT2D eigenvalue weighted by Gasteiger charge is -2.26. The van der Waals surface area contributed by atoms with Gasteiger partial charge >= 0.3 is 5.97 Å². The second kappa shape index (κ2) is 6.59. The summed E-state index contributed by atoms with van der Waals surface area (Å²) in [4.78, 5) is 21.8. The quantitative estimate of drug-likeness (QED) is 0.652. The Kier molecular flexibility index (Phi) is 6.16. The summed E-state index contributed by atoms with van der Waals surface area (Å²) in [6.45, 7) is 8.40. The standard InChI is InChI=1S/C12H23NO4/c1-8(12(2,3)4)7-10(15)13-6-5-9(14)11(16)17/h8-9,14H,5-7H2,1-4H3,(H,13,15)(H,16,17)/t8?,9-/m0/s1. The molecule has 17 heavy (non-hydrogen) atoms. The molecule has 3 N–H and O–H groups in total. The Morgan fingerprint density at radius 3 is 2.24 bits per heavy atom. The van der Waals surface area contributed by atoms with E-state index in [9.17, 15) is 9.59 Å². The van der Waals surface area contributed by atoms with Crippen LogP contribution in [0.2, 0.25) is 0 Å². The minimum absolute atomic E-state index is 0.0327. The molecule has 0 spiro atoms. The van der Waals surface area contributed by atoms with Crippen molar-refractivity contribution in [3.63, 3.8) is 0 Å². The van der Waals surface area contributed by atoms with Crippen molar-refractivity contribution in [3.8, 4) is 0 Å². The molecule has 0 aromatic heterocycles. The number of amides is 1. The highest BCUT2D eigenvalue weighted by molar-refractivity contribution is 5.76. The normalized spacial score (nSPS) is 15.1. The number of aliphatic hydroxyl groups is 1. The van der Waals surface area contributed by atoms with Gasteiger partial charge in [-0.2, -0.15) is 0 Å². The third kappa shape index (κ3) is 6.94. The van der Waals surface area contributed by atoms with E-state index in [4.69, 9.17) is 10.2 Å². The second-order valence-electron chi connectivity index (χ2n) is 5.46. The zero-order chi connectivity index (χ0) is 13.6. The summed E-state index contributed by atoms with van der Waals surface area (Å²) in [6, 6.07) is 0. The summed E-state index contributed by atoms with van der Waals surface area (Å²) in [5, 5.41) is 20.0. The van der Waals surface area contributed by atoms with E-state index >= 15 is 0 Å². The predicted octanol–water partition coefficient (Wildman–Crippen LogP) is 1.01. The van der Waals surface area contributed by atoms with E-state index in [1.54, 1.807) is 0 Å². The number of rotatable bonds is 6. The maximum Gasteiger partial charge on any atom is 0.332 e. The molecule has 0 rings (SSSR count). The lowest BCUT2D eigenvalue weighted by molar-refractivity contribution is -0.147. The number of hydrogen-bond acceptors (Lipinski definition) is 3. The van der Waals surface area contributed by atoms with Crippen LogP contribution < -0.4 is 5.32 Å². The molecule has 1 amide bonds. The van der Waals surface area contributed by atoms with Crippen LogP contribution >= 0.6 is 0 Å².